The summed E-state index contributed by atoms with van der Waals surface area (Å²) in [6.07, 6.45) is -2.74. The number of hydrogen-bond donors (Lipinski definition) is 0. The lowest BCUT2D eigenvalue weighted by molar-refractivity contribution is -0.136. The average molecular weight is 395 g/mol. The molecule has 0 unspecified atom stereocenters. The fourth-order valence-electron chi connectivity index (χ4n) is 3.81. The Morgan fingerprint density at radius 1 is 1.30 bits per heavy atom. The first-order chi connectivity index (χ1) is 12.8. The normalized spacial score (nSPS) is 19.1. The van der Waals surface area contributed by atoms with E-state index in [1.807, 2.05) is 0 Å². The summed E-state index contributed by atoms with van der Waals surface area (Å²) in [6, 6.07) is 5.29. The summed E-state index contributed by atoms with van der Waals surface area (Å²) in [6.45, 7) is 6.02. The van der Waals surface area contributed by atoms with E-state index in [4.69, 9.17) is 4.52 Å². The minimum Gasteiger partial charge on any atom is -0.336 e. The number of piperidine rings is 1. The third kappa shape index (κ3) is 3.73. The van der Waals surface area contributed by atoms with Crippen LogP contribution in [0.15, 0.2) is 22.7 Å². The fraction of sp³-hybridized carbons (Fsp3) is 0.474. The van der Waals surface area contributed by atoms with Gasteiger partial charge in [0, 0.05) is 34.5 Å². The van der Waals surface area contributed by atoms with E-state index in [0.29, 0.717) is 12.2 Å². The van der Waals surface area contributed by atoms with E-state index in [1.54, 1.807) is 11.3 Å². The summed E-state index contributed by atoms with van der Waals surface area (Å²) in [4.78, 5) is 8.93. The maximum Gasteiger partial charge on any atom is 0.417 e. The summed E-state index contributed by atoms with van der Waals surface area (Å²) in [5.74, 6) is -0.0911. The summed E-state index contributed by atoms with van der Waals surface area (Å²) in [7, 11) is 0. The molecular weight excluding hydrogens is 375 g/mol. The standard InChI is InChI=1S/C19H20F3N3OS/c1-11-8-15(19(20,21)22)16-17(24-26-18(16)23-11)13-4-3-7-25(9-13)10-14-6-5-12(2)27-14/h5-6,8,13H,3-4,7,9-10H2,1-2H3/t13-/m0/s1. The zero-order valence-electron chi connectivity index (χ0n) is 15.1. The molecule has 0 amide bonds. The van der Waals surface area contributed by atoms with Gasteiger partial charge in [0.1, 0.15) is 0 Å². The first kappa shape index (κ1) is 18.4. The van der Waals surface area contributed by atoms with Crippen LogP contribution in [-0.4, -0.2) is 28.1 Å². The number of pyridine rings is 1. The van der Waals surface area contributed by atoms with Crippen LogP contribution in [0.3, 0.4) is 0 Å². The van der Waals surface area contributed by atoms with E-state index in [9.17, 15) is 13.2 Å². The number of likely N-dealkylation sites (tertiary alicyclic amines) is 1. The Hall–Kier alpha value is -1.93. The number of aromatic nitrogens is 2. The van der Waals surface area contributed by atoms with Crippen molar-refractivity contribution in [3.05, 3.63) is 44.9 Å². The molecule has 0 aliphatic carbocycles. The van der Waals surface area contributed by atoms with Crippen molar-refractivity contribution < 1.29 is 17.7 Å². The Balaban J connectivity index is 1.65. The highest BCUT2D eigenvalue weighted by Gasteiger charge is 2.37. The molecule has 1 aliphatic rings. The number of fused-ring (bicyclic) bond motifs is 1. The van der Waals surface area contributed by atoms with Crippen molar-refractivity contribution in [2.75, 3.05) is 13.1 Å². The molecule has 0 spiro atoms. The van der Waals surface area contributed by atoms with Crippen LogP contribution >= 0.6 is 11.3 Å². The van der Waals surface area contributed by atoms with Gasteiger partial charge in [0.15, 0.2) is 0 Å². The number of thiophene rings is 1. The van der Waals surface area contributed by atoms with Gasteiger partial charge in [-0.2, -0.15) is 13.2 Å². The lowest BCUT2D eigenvalue weighted by Gasteiger charge is -2.31. The molecule has 1 saturated heterocycles. The fourth-order valence-corrected chi connectivity index (χ4v) is 4.74. The maximum atomic E-state index is 13.6. The van der Waals surface area contributed by atoms with Gasteiger partial charge in [0.2, 0.25) is 0 Å². The van der Waals surface area contributed by atoms with Gasteiger partial charge in [-0.25, -0.2) is 4.98 Å². The second-order valence-corrected chi connectivity index (χ2v) is 8.52. The van der Waals surface area contributed by atoms with Gasteiger partial charge in [-0.1, -0.05) is 5.16 Å². The lowest BCUT2D eigenvalue weighted by atomic mass is 9.91. The number of hydrogen-bond acceptors (Lipinski definition) is 5. The Bertz CT molecular complexity index is 963. The minimum atomic E-state index is -4.46. The Kier molecular flexibility index (Phi) is 4.71. The number of halogens is 3. The van der Waals surface area contributed by atoms with Crippen molar-refractivity contribution in [3.8, 4) is 0 Å². The average Bonchev–Trinajstić information content (AvgIpc) is 3.19. The zero-order valence-corrected chi connectivity index (χ0v) is 16.0. The second-order valence-electron chi connectivity index (χ2n) is 7.14. The molecule has 0 radical (unpaired) electrons. The van der Waals surface area contributed by atoms with Crippen molar-refractivity contribution in [1.29, 1.82) is 0 Å². The van der Waals surface area contributed by atoms with Gasteiger partial charge in [-0.3, -0.25) is 4.90 Å². The molecular formula is C19H20F3N3OS. The number of rotatable bonds is 3. The quantitative estimate of drug-likeness (QED) is 0.604. The molecule has 144 valence electrons. The lowest BCUT2D eigenvalue weighted by Crippen LogP contribution is -2.33. The maximum absolute atomic E-state index is 13.6. The highest BCUT2D eigenvalue weighted by atomic mass is 32.1. The van der Waals surface area contributed by atoms with Crippen LogP contribution in [0.4, 0.5) is 13.2 Å². The summed E-state index contributed by atoms with van der Waals surface area (Å²) < 4.78 is 45.9. The van der Waals surface area contributed by atoms with Gasteiger partial charge >= 0.3 is 6.18 Å². The van der Waals surface area contributed by atoms with Crippen molar-refractivity contribution in [1.82, 2.24) is 15.0 Å². The zero-order chi connectivity index (χ0) is 19.2. The van der Waals surface area contributed by atoms with E-state index in [0.717, 1.165) is 32.0 Å². The Morgan fingerprint density at radius 2 is 2.11 bits per heavy atom. The monoisotopic (exact) mass is 395 g/mol. The molecule has 3 aromatic rings. The third-order valence-corrected chi connectivity index (χ3v) is 5.96. The minimum absolute atomic E-state index is 0.0203. The predicted octanol–water partition coefficient (Wildman–Crippen LogP) is 5.30. The van der Waals surface area contributed by atoms with Crippen LogP contribution in [0.2, 0.25) is 0 Å². The van der Waals surface area contributed by atoms with E-state index < -0.39 is 11.7 Å². The molecule has 4 heterocycles. The molecule has 8 heteroatoms. The molecule has 1 atom stereocenters. The van der Waals surface area contributed by atoms with Crippen LogP contribution < -0.4 is 0 Å². The Morgan fingerprint density at radius 3 is 2.81 bits per heavy atom. The van der Waals surface area contributed by atoms with Gasteiger partial charge in [0.05, 0.1) is 16.6 Å². The molecule has 0 bridgehead atoms. The molecule has 4 nitrogen and oxygen atoms in total. The van der Waals surface area contributed by atoms with Crippen molar-refractivity contribution >= 4 is 22.4 Å². The van der Waals surface area contributed by atoms with Crippen LogP contribution in [0.1, 0.15) is 45.5 Å². The molecule has 0 N–H and O–H groups in total. The molecule has 4 rings (SSSR count). The molecule has 3 aromatic heterocycles. The van der Waals surface area contributed by atoms with Gasteiger partial charge in [-0.15, -0.1) is 11.3 Å². The summed E-state index contributed by atoms with van der Waals surface area (Å²) >= 11 is 1.76. The summed E-state index contributed by atoms with van der Waals surface area (Å²) in [5, 5.41) is 4.04. The van der Waals surface area contributed by atoms with Gasteiger partial charge in [-0.05, 0) is 51.4 Å². The number of alkyl halides is 3. The molecule has 27 heavy (non-hydrogen) atoms. The van der Waals surface area contributed by atoms with Crippen LogP contribution in [-0.2, 0) is 12.7 Å². The van der Waals surface area contributed by atoms with E-state index >= 15 is 0 Å². The third-order valence-electron chi connectivity index (χ3n) is 4.97. The largest absolute Gasteiger partial charge is 0.417 e. The van der Waals surface area contributed by atoms with Crippen LogP contribution in [0.25, 0.3) is 11.1 Å². The highest BCUT2D eigenvalue weighted by Crippen LogP contribution is 2.40. The van der Waals surface area contributed by atoms with E-state index in [1.165, 1.54) is 16.7 Å². The number of nitrogens with zero attached hydrogens (tertiary/aromatic N) is 3. The van der Waals surface area contributed by atoms with Crippen LogP contribution in [0.5, 0.6) is 0 Å². The van der Waals surface area contributed by atoms with Gasteiger partial charge < -0.3 is 4.52 Å². The molecule has 1 aliphatic heterocycles. The molecule has 1 fully saturated rings. The van der Waals surface area contributed by atoms with Crippen molar-refractivity contribution in [2.45, 2.75) is 45.3 Å². The van der Waals surface area contributed by atoms with Crippen molar-refractivity contribution in [3.63, 3.8) is 0 Å². The first-order valence-corrected chi connectivity index (χ1v) is 9.74. The first-order valence-electron chi connectivity index (χ1n) is 8.93. The highest BCUT2D eigenvalue weighted by molar-refractivity contribution is 7.11. The summed E-state index contributed by atoms with van der Waals surface area (Å²) in [5.41, 5.74) is -0.0664. The van der Waals surface area contributed by atoms with Gasteiger partial charge in [0.25, 0.3) is 5.71 Å². The molecule has 0 aromatic carbocycles. The number of aryl methyl sites for hydroxylation is 2. The molecule has 0 saturated carbocycles. The second kappa shape index (κ2) is 6.91. The van der Waals surface area contributed by atoms with E-state index in [-0.39, 0.29) is 22.7 Å². The predicted molar refractivity (Wildman–Crippen MR) is 97.9 cm³/mol. The SMILES string of the molecule is Cc1cc(C(F)(F)F)c2c([C@H]3CCCN(Cc4ccc(C)s4)C3)noc2n1. The Labute approximate surface area is 159 Å². The van der Waals surface area contributed by atoms with Crippen LogP contribution in [0, 0.1) is 13.8 Å². The smallest absolute Gasteiger partial charge is 0.336 e. The van der Waals surface area contributed by atoms with E-state index in [2.05, 4.69) is 34.1 Å². The van der Waals surface area contributed by atoms with Crippen molar-refractivity contribution in [2.24, 2.45) is 0 Å². The topological polar surface area (TPSA) is 42.2 Å².